The zero-order valence-electron chi connectivity index (χ0n) is 8.55. The minimum absolute atomic E-state index is 0.0540. The third-order valence-electron chi connectivity index (χ3n) is 1.88. The second-order valence-electron chi connectivity index (χ2n) is 3.09. The van der Waals surface area contributed by atoms with Crippen LogP contribution in [0.25, 0.3) is 0 Å². The van der Waals surface area contributed by atoms with Crippen molar-refractivity contribution in [3.05, 3.63) is 17.7 Å². The number of carbonyl (C=O) groups excluding carboxylic acids is 1. The molecule has 0 radical (unpaired) electrons. The molecule has 0 unspecified atom stereocenters. The number of nitrogens with zero attached hydrogens (tertiary/aromatic N) is 1. The van der Waals surface area contributed by atoms with Gasteiger partial charge in [0.25, 0.3) is 0 Å². The summed E-state index contributed by atoms with van der Waals surface area (Å²) in [5, 5.41) is 5.72. The normalized spacial score (nSPS) is 10.1. The highest BCUT2D eigenvalue weighted by molar-refractivity contribution is 5.75. The fraction of sp³-hybridized carbons (Fsp3) is 0.556. The lowest BCUT2D eigenvalue weighted by Gasteiger charge is -2.01. The van der Waals surface area contributed by atoms with Crippen molar-refractivity contribution < 1.29 is 4.79 Å². The molecular formula is C9H16N4O. The summed E-state index contributed by atoms with van der Waals surface area (Å²) < 4.78 is 0. The smallest absolute Gasteiger partial charge is 0.221 e. The summed E-state index contributed by atoms with van der Waals surface area (Å²) in [5.41, 5.74) is 1.04. The van der Waals surface area contributed by atoms with E-state index in [9.17, 15) is 4.79 Å². The fourth-order valence-corrected chi connectivity index (χ4v) is 1.11. The van der Waals surface area contributed by atoms with E-state index in [1.807, 2.05) is 6.92 Å². The van der Waals surface area contributed by atoms with Gasteiger partial charge < -0.3 is 15.6 Å². The van der Waals surface area contributed by atoms with Gasteiger partial charge >= 0.3 is 0 Å². The number of aromatic amines is 1. The van der Waals surface area contributed by atoms with Crippen molar-refractivity contribution in [2.45, 2.75) is 19.9 Å². The Hall–Kier alpha value is -1.36. The maximum absolute atomic E-state index is 10.9. The van der Waals surface area contributed by atoms with Gasteiger partial charge in [0.2, 0.25) is 5.91 Å². The Labute approximate surface area is 83.3 Å². The first kappa shape index (κ1) is 10.7. The Morgan fingerprint density at radius 2 is 2.43 bits per heavy atom. The lowest BCUT2D eigenvalue weighted by Crippen LogP contribution is -2.24. The number of aryl methyl sites for hydroxylation is 1. The van der Waals surface area contributed by atoms with E-state index in [0.29, 0.717) is 13.0 Å². The average Bonchev–Trinajstić information content (AvgIpc) is 2.58. The van der Waals surface area contributed by atoms with Crippen LogP contribution in [0, 0.1) is 6.92 Å². The van der Waals surface area contributed by atoms with Crippen molar-refractivity contribution in [2.75, 3.05) is 13.6 Å². The standard InChI is InChI=1S/C9H16N4O/c1-7-12-6-8(13-7)5-11-4-3-9(14)10-2/h6,11H,3-5H2,1-2H3,(H,10,14)(H,12,13). The summed E-state index contributed by atoms with van der Waals surface area (Å²) in [7, 11) is 1.64. The van der Waals surface area contributed by atoms with Gasteiger partial charge in [0.1, 0.15) is 5.82 Å². The number of rotatable bonds is 5. The molecule has 0 atom stereocenters. The van der Waals surface area contributed by atoms with Gasteiger partial charge in [-0.05, 0) is 6.92 Å². The highest BCUT2D eigenvalue weighted by Gasteiger charge is 1.98. The molecule has 0 bridgehead atoms. The molecule has 0 saturated heterocycles. The molecule has 1 amide bonds. The van der Waals surface area contributed by atoms with Crippen molar-refractivity contribution in [1.29, 1.82) is 0 Å². The SMILES string of the molecule is CNC(=O)CCNCc1cnc(C)[nH]1. The van der Waals surface area contributed by atoms with Gasteiger partial charge in [0, 0.05) is 38.4 Å². The first-order chi connectivity index (χ1) is 6.72. The van der Waals surface area contributed by atoms with Gasteiger partial charge in [-0.1, -0.05) is 0 Å². The van der Waals surface area contributed by atoms with Crippen molar-refractivity contribution >= 4 is 5.91 Å². The summed E-state index contributed by atoms with van der Waals surface area (Å²) in [6.45, 7) is 3.31. The number of hydrogen-bond acceptors (Lipinski definition) is 3. The van der Waals surface area contributed by atoms with Crippen LogP contribution in [0.4, 0.5) is 0 Å². The van der Waals surface area contributed by atoms with Gasteiger partial charge in [0.15, 0.2) is 0 Å². The number of H-pyrrole nitrogens is 1. The predicted octanol–water partition coefficient (Wildman–Crippen LogP) is -0.0562. The third-order valence-corrected chi connectivity index (χ3v) is 1.88. The molecule has 0 aromatic carbocycles. The van der Waals surface area contributed by atoms with Crippen LogP contribution in [0.5, 0.6) is 0 Å². The van der Waals surface area contributed by atoms with Crippen LogP contribution in [-0.4, -0.2) is 29.5 Å². The van der Waals surface area contributed by atoms with Crippen molar-refractivity contribution in [1.82, 2.24) is 20.6 Å². The van der Waals surface area contributed by atoms with Crippen LogP contribution in [0.1, 0.15) is 17.9 Å². The van der Waals surface area contributed by atoms with E-state index in [1.165, 1.54) is 0 Å². The number of hydrogen-bond donors (Lipinski definition) is 3. The van der Waals surface area contributed by atoms with E-state index in [2.05, 4.69) is 20.6 Å². The predicted molar refractivity (Wildman–Crippen MR) is 53.7 cm³/mol. The van der Waals surface area contributed by atoms with Crippen LogP contribution < -0.4 is 10.6 Å². The topological polar surface area (TPSA) is 69.8 Å². The number of aromatic nitrogens is 2. The van der Waals surface area contributed by atoms with Gasteiger partial charge in [-0.25, -0.2) is 4.98 Å². The van der Waals surface area contributed by atoms with E-state index < -0.39 is 0 Å². The maximum Gasteiger partial charge on any atom is 0.221 e. The highest BCUT2D eigenvalue weighted by Crippen LogP contribution is 1.94. The number of amides is 1. The summed E-state index contributed by atoms with van der Waals surface area (Å²) in [6.07, 6.45) is 2.30. The Morgan fingerprint density at radius 1 is 1.64 bits per heavy atom. The minimum Gasteiger partial charge on any atom is -0.359 e. The number of imidazole rings is 1. The molecule has 5 nitrogen and oxygen atoms in total. The molecule has 1 heterocycles. The molecule has 0 aliphatic carbocycles. The zero-order valence-corrected chi connectivity index (χ0v) is 8.55. The Morgan fingerprint density at radius 3 is 3.00 bits per heavy atom. The molecule has 1 aromatic rings. The molecule has 5 heteroatoms. The van der Waals surface area contributed by atoms with E-state index in [4.69, 9.17) is 0 Å². The lowest BCUT2D eigenvalue weighted by molar-refractivity contribution is -0.120. The summed E-state index contributed by atoms with van der Waals surface area (Å²) >= 11 is 0. The number of nitrogens with one attached hydrogen (secondary N) is 3. The van der Waals surface area contributed by atoms with Gasteiger partial charge in [-0.15, -0.1) is 0 Å². The second-order valence-corrected chi connectivity index (χ2v) is 3.09. The first-order valence-electron chi connectivity index (χ1n) is 4.64. The molecule has 14 heavy (non-hydrogen) atoms. The van der Waals surface area contributed by atoms with Gasteiger partial charge in [-0.3, -0.25) is 4.79 Å². The monoisotopic (exact) mass is 196 g/mol. The molecular weight excluding hydrogens is 180 g/mol. The Balaban J connectivity index is 2.13. The first-order valence-corrected chi connectivity index (χ1v) is 4.64. The Kier molecular flexibility index (Phi) is 4.12. The van der Waals surface area contributed by atoms with Crippen LogP contribution in [0.2, 0.25) is 0 Å². The van der Waals surface area contributed by atoms with Crippen LogP contribution in [0.3, 0.4) is 0 Å². The quantitative estimate of drug-likeness (QED) is 0.578. The van der Waals surface area contributed by atoms with E-state index in [1.54, 1.807) is 13.2 Å². The van der Waals surface area contributed by atoms with Crippen LogP contribution >= 0.6 is 0 Å². The number of carbonyl (C=O) groups is 1. The molecule has 78 valence electrons. The van der Waals surface area contributed by atoms with Crippen LogP contribution in [0.15, 0.2) is 6.20 Å². The third kappa shape index (κ3) is 3.57. The van der Waals surface area contributed by atoms with E-state index in [0.717, 1.165) is 18.1 Å². The zero-order chi connectivity index (χ0) is 10.4. The minimum atomic E-state index is 0.0540. The van der Waals surface area contributed by atoms with Crippen LogP contribution in [-0.2, 0) is 11.3 Å². The van der Waals surface area contributed by atoms with Gasteiger partial charge in [0.05, 0.1) is 0 Å². The largest absolute Gasteiger partial charge is 0.359 e. The van der Waals surface area contributed by atoms with Gasteiger partial charge in [-0.2, -0.15) is 0 Å². The van der Waals surface area contributed by atoms with Crippen molar-refractivity contribution in [2.24, 2.45) is 0 Å². The average molecular weight is 196 g/mol. The van der Waals surface area contributed by atoms with E-state index in [-0.39, 0.29) is 5.91 Å². The van der Waals surface area contributed by atoms with E-state index >= 15 is 0 Å². The lowest BCUT2D eigenvalue weighted by atomic mass is 10.4. The molecule has 1 aromatic heterocycles. The molecule has 0 aliphatic rings. The van der Waals surface area contributed by atoms with Crippen molar-refractivity contribution in [3.63, 3.8) is 0 Å². The summed E-state index contributed by atoms with van der Waals surface area (Å²) in [6, 6.07) is 0. The highest BCUT2D eigenvalue weighted by atomic mass is 16.1. The molecule has 0 aliphatic heterocycles. The molecule has 0 fully saturated rings. The Bertz CT molecular complexity index is 295. The second kappa shape index (κ2) is 5.39. The fourth-order valence-electron chi connectivity index (χ4n) is 1.11. The molecule has 1 rings (SSSR count). The molecule has 0 saturated carbocycles. The summed E-state index contributed by atoms with van der Waals surface area (Å²) in [5.74, 6) is 0.964. The molecule has 3 N–H and O–H groups in total. The maximum atomic E-state index is 10.9. The molecule has 0 spiro atoms. The van der Waals surface area contributed by atoms with Crippen molar-refractivity contribution in [3.8, 4) is 0 Å². The summed E-state index contributed by atoms with van der Waals surface area (Å²) in [4.78, 5) is 18.0.